The third-order valence-electron chi connectivity index (χ3n) is 2.30. The Kier molecular flexibility index (Phi) is 3.92. The van der Waals surface area contributed by atoms with E-state index in [9.17, 15) is 8.42 Å². The van der Waals surface area contributed by atoms with Gasteiger partial charge in [0, 0.05) is 11.1 Å². The average Bonchev–Trinajstić information content (AvgIpc) is 2.39. The number of hydrogen-bond donors (Lipinski definition) is 1. The molecule has 0 amide bonds. The van der Waals surface area contributed by atoms with Crippen molar-refractivity contribution in [1.29, 1.82) is 0 Å². The molecule has 0 radical (unpaired) electrons. The summed E-state index contributed by atoms with van der Waals surface area (Å²) in [6.07, 6.45) is 1.38. The minimum atomic E-state index is -3.67. The molecule has 0 fully saturated rings. The van der Waals surface area contributed by atoms with Crippen LogP contribution >= 0.6 is 11.6 Å². The standard InChI is InChI=1S/C12H11ClN2O3S/c1-18-12-6-5-10(8-14-12)15-19(16,17)11-4-2-3-9(13)7-11/h2-8,15H,1H3. The van der Waals surface area contributed by atoms with Crippen LogP contribution < -0.4 is 9.46 Å². The zero-order valence-electron chi connectivity index (χ0n) is 10.00. The van der Waals surface area contributed by atoms with E-state index < -0.39 is 10.0 Å². The molecule has 0 spiro atoms. The van der Waals surface area contributed by atoms with Gasteiger partial charge in [-0.15, -0.1) is 0 Å². The number of anilines is 1. The number of ether oxygens (including phenoxy) is 1. The van der Waals surface area contributed by atoms with Crippen molar-refractivity contribution < 1.29 is 13.2 Å². The van der Waals surface area contributed by atoms with Crippen LogP contribution in [0.4, 0.5) is 5.69 Å². The Hall–Kier alpha value is -1.79. The maximum Gasteiger partial charge on any atom is 0.261 e. The number of aromatic nitrogens is 1. The van der Waals surface area contributed by atoms with Gasteiger partial charge in [0.25, 0.3) is 10.0 Å². The minimum Gasteiger partial charge on any atom is -0.481 e. The first kappa shape index (κ1) is 13.6. The van der Waals surface area contributed by atoms with Crippen LogP contribution in [0.2, 0.25) is 5.02 Å². The predicted octanol–water partition coefficient (Wildman–Crippen LogP) is 2.54. The smallest absolute Gasteiger partial charge is 0.261 e. The van der Waals surface area contributed by atoms with Gasteiger partial charge in [-0.25, -0.2) is 13.4 Å². The highest BCUT2D eigenvalue weighted by Gasteiger charge is 2.14. The molecular formula is C12H11ClN2O3S. The van der Waals surface area contributed by atoms with Crippen LogP contribution in [0.5, 0.6) is 5.88 Å². The summed E-state index contributed by atoms with van der Waals surface area (Å²) < 4.78 is 31.5. The highest BCUT2D eigenvalue weighted by molar-refractivity contribution is 7.92. The van der Waals surface area contributed by atoms with Gasteiger partial charge in [-0.05, 0) is 24.3 Å². The summed E-state index contributed by atoms with van der Waals surface area (Å²) in [4.78, 5) is 4.01. The Morgan fingerprint density at radius 1 is 1.26 bits per heavy atom. The van der Waals surface area contributed by atoms with Gasteiger partial charge in [-0.1, -0.05) is 17.7 Å². The fraction of sp³-hybridized carbons (Fsp3) is 0.0833. The first-order chi connectivity index (χ1) is 9.01. The molecule has 0 saturated heterocycles. The topological polar surface area (TPSA) is 68.3 Å². The molecule has 0 bridgehead atoms. The van der Waals surface area contributed by atoms with Crippen LogP contribution in [-0.2, 0) is 10.0 Å². The quantitative estimate of drug-likeness (QED) is 0.942. The first-order valence-electron chi connectivity index (χ1n) is 5.30. The Bertz CT molecular complexity index is 672. The molecule has 0 saturated carbocycles. The van der Waals surface area contributed by atoms with Crippen molar-refractivity contribution >= 4 is 27.3 Å². The van der Waals surface area contributed by atoms with Crippen LogP contribution in [0.3, 0.4) is 0 Å². The molecule has 0 unspecified atom stereocenters. The van der Waals surface area contributed by atoms with E-state index in [1.807, 2.05) is 0 Å². The number of methoxy groups -OCH3 is 1. The van der Waals surface area contributed by atoms with Crippen molar-refractivity contribution in [1.82, 2.24) is 4.98 Å². The zero-order valence-corrected chi connectivity index (χ0v) is 11.6. The molecular weight excluding hydrogens is 288 g/mol. The second kappa shape index (κ2) is 5.46. The number of halogens is 1. The molecule has 7 heteroatoms. The van der Waals surface area contributed by atoms with E-state index in [-0.39, 0.29) is 4.90 Å². The molecule has 2 aromatic rings. The molecule has 0 aliphatic rings. The van der Waals surface area contributed by atoms with E-state index in [0.717, 1.165) is 0 Å². The lowest BCUT2D eigenvalue weighted by Crippen LogP contribution is -2.13. The summed E-state index contributed by atoms with van der Waals surface area (Å²) >= 11 is 5.77. The summed E-state index contributed by atoms with van der Waals surface area (Å²) in [6, 6.07) is 9.15. The molecule has 2 rings (SSSR count). The molecule has 1 aromatic carbocycles. The van der Waals surface area contributed by atoms with E-state index in [1.54, 1.807) is 24.3 Å². The lowest BCUT2D eigenvalue weighted by atomic mass is 10.4. The Morgan fingerprint density at radius 2 is 2.05 bits per heavy atom. The number of hydrogen-bond acceptors (Lipinski definition) is 4. The van der Waals surface area contributed by atoms with Gasteiger partial charge in [-0.2, -0.15) is 0 Å². The summed E-state index contributed by atoms with van der Waals surface area (Å²) in [5, 5.41) is 0.357. The maximum atomic E-state index is 12.1. The highest BCUT2D eigenvalue weighted by Crippen LogP contribution is 2.19. The molecule has 1 heterocycles. The van der Waals surface area contributed by atoms with Gasteiger partial charge in [-0.3, -0.25) is 4.72 Å². The van der Waals surface area contributed by atoms with Crippen LogP contribution in [0.1, 0.15) is 0 Å². The van der Waals surface area contributed by atoms with Crippen molar-refractivity contribution in [2.24, 2.45) is 0 Å². The lowest BCUT2D eigenvalue weighted by molar-refractivity contribution is 0.398. The van der Waals surface area contributed by atoms with Gasteiger partial charge >= 0.3 is 0 Å². The molecule has 0 aliphatic heterocycles. The van der Waals surface area contributed by atoms with E-state index in [4.69, 9.17) is 16.3 Å². The van der Waals surface area contributed by atoms with Crippen molar-refractivity contribution in [3.8, 4) is 5.88 Å². The Labute approximate surface area is 116 Å². The van der Waals surface area contributed by atoms with Gasteiger partial charge in [0.15, 0.2) is 0 Å². The largest absolute Gasteiger partial charge is 0.481 e. The summed E-state index contributed by atoms with van der Waals surface area (Å²) in [5.41, 5.74) is 0.348. The van der Waals surface area contributed by atoms with Crippen LogP contribution in [0.15, 0.2) is 47.5 Å². The van der Waals surface area contributed by atoms with Gasteiger partial charge in [0.2, 0.25) is 5.88 Å². The molecule has 1 aromatic heterocycles. The average molecular weight is 299 g/mol. The monoisotopic (exact) mass is 298 g/mol. The predicted molar refractivity (Wildman–Crippen MR) is 73.0 cm³/mol. The van der Waals surface area contributed by atoms with Crippen molar-refractivity contribution in [2.75, 3.05) is 11.8 Å². The van der Waals surface area contributed by atoms with Crippen LogP contribution in [0, 0.1) is 0 Å². The van der Waals surface area contributed by atoms with Crippen molar-refractivity contribution in [3.63, 3.8) is 0 Å². The molecule has 5 nitrogen and oxygen atoms in total. The Balaban J connectivity index is 2.25. The van der Waals surface area contributed by atoms with Gasteiger partial charge < -0.3 is 4.74 Å². The maximum absolute atomic E-state index is 12.1. The second-order valence-electron chi connectivity index (χ2n) is 3.65. The number of benzene rings is 1. The summed E-state index contributed by atoms with van der Waals surface area (Å²) in [6.45, 7) is 0. The van der Waals surface area contributed by atoms with Crippen molar-refractivity contribution in [3.05, 3.63) is 47.6 Å². The number of nitrogens with zero attached hydrogens (tertiary/aromatic N) is 1. The normalized spacial score (nSPS) is 11.1. The molecule has 0 atom stereocenters. The van der Waals surface area contributed by atoms with Crippen LogP contribution in [0.25, 0.3) is 0 Å². The summed E-state index contributed by atoms with van der Waals surface area (Å²) in [5.74, 6) is 0.408. The molecule has 19 heavy (non-hydrogen) atoms. The molecule has 100 valence electrons. The van der Waals surface area contributed by atoms with E-state index >= 15 is 0 Å². The van der Waals surface area contributed by atoms with E-state index in [1.165, 1.54) is 25.4 Å². The lowest BCUT2D eigenvalue weighted by Gasteiger charge is -2.08. The van der Waals surface area contributed by atoms with Crippen LogP contribution in [-0.4, -0.2) is 20.5 Å². The summed E-state index contributed by atoms with van der Waals surface area (Å²) in [7, 11) is -2.19. The third kappa shape index (κ3) is 3.36. The number of rotatable bonds is 4. The van der Waals surface area contributed by atoms with E-state index in [0.29, 0.717) is 16.6 Å². The SMILES string of the molecule is COc1ccc(NS(=O)(=O)c2cccc(Cl)c2)cn1. The zero-order chi connectivity index (χ0) is 13.9. The minimum absolute atomic E-state index is 0.0934. The number of pyridine rings is 1. The van der Waals surface area contributed by atoms with Gasteiger partial charge in [0.1, 0.15) is 0 Å². The number of nitrogens with one attached hydrogen (secondary N) is 1. The van der Waals surface area contributed by atoms with Crippen molar-refractivity contribution in [2.45, 2.75) is 4.90 Å². The molecule has 1 N–H and O–H groups in total. The molecule has 0 aliphatic carbocycles. The number of sulfonamides is 1. The van der Waals surface area contributed by atoms with E-state index in [2.05, 4.69) is 9.71 Å². The highest BCUT2D eigenvalue weighted by atomic mass is 35.5. The third-order valence-corrected chi connectivity index (χ3v) is 3.92. The second-order valence-corrected chi connectivity index (χ2v) is 5.77. The Morgan fingerprint density at radius 3 is 2.63 bits per heavy atom. The fourth-order valence-corrected chi connectivity index (χ4v) is 2.75. The van der Waals surface area contributed by atoms with Gasteiger partial charge in [0.05, 0.1) is 23.9 Å². The fourth-order valence-electron chi connectivity index (χ4n) is 1.41. The first-order valence-corrected chi connectivity index (χ1v) is 7.16.